The number of nitrogens with zero attached hydrogens (tertiary/aromatic N) is 2. The fourth-order valence-corrected chi connectivity index (χ4v) is 1.98. The molecular formula is C14H17N3. The second kappa shape index (κ2) is 4.34. The molecule has 1 N–H and O–H groups in total. The van der Waals surface area contributed by atoms with Gasteiger partial charge in [0.25, 0.3) is 0 Å². The van der Waals surface area contributed by atoms with Crippen molar-refractivity contribution >= 4 is 0 Å². The van der Waals surface area contributed by atoms with Gasteiger partial charge in [-0.3, -0.25) is 4.68 Å². The van der Waals surface area contributed by atoms with Crippen molar-refractivity contribution in [3.8, 4) is 11.1 Å². The first-order valence-electron chi connectivity index (χ1n) is 6.12. The topological polar surface area (TPSA) is 29.9 Å². The second-order valence-corrected chi connectivity index (χ2v) is 4.76. The molecule has 0 aliphatic heterocycles. The summed E-state index contributed by atoms with van der Waals surface area (Å²) < 4.78 is 1.84. The lowest BCUT2D eigenvalue weighted by molar-refractivity contribution is 0.688. The van der Waals surface area contributed by atoms with Crippen molar-refractivity contribution in [1.29, 1.82) is 0 Å². The average molecular weight is 227 g/mol. The van der Waals surface area contributed by atoms with Crippen molar-refractivity contribution in [3.05, 3.63) is 42.2 Å². The summed E-state index contributed by atoms with van der Waals surface area (Å²) in [4.78, 5) is 0. The predicted octanol–water partition coefficient (Wildman–Crippen LogP) is 2.34. The summed E-state index contributed by atoms with van der Waals surface area (Å²) in [5.74, 6) is 0. The van der Waals surface area contributed by atoms with E-state index >= 15 is 0 Å². The van der Waals surface area contributed by atoms with Crippen molar-refractivity contribution in [1.82, 2.24) is 15.1 Å². The van der Waals surface area contributed by atoms with Crippen LogP contribution in [0.3, 0.4) is 0 Å². The van der Waals surface area contributed by atoms with Crippen LogP contribution >= 0.6 is 0 Å². The van der Waals surface area contributed by atoms with Crippen molar-refractivity contribution in [3.63, 3.8) is 0 Å². The van der Waals surface area contributed by atoms with Crippen molar-refractivity contribution in [2.45, 2.75) is 25.4 Å². The van der Waals surface area contributed by atoms with Crippen molar-refractivity contribution < 1.29 is 0 Å². The number of hydrogen-bond acceptors (Lipinski definition) is 2. The van der Waals surface area contributed by atoms with Crippen LogP contribution in [0.1, 0.15) is 18.4 Å². The third-order valence-corrected chi connectivity index (χ3v) is 3.14. The molecule has 3 heteroatoms. The molecule has 0 saturated heterocycles. The Kier molecular flexibility index (Phi) is 2.69. The lowest BCUT2D eigenvalue weighted by Gasteiger charge is -2.05. The third kappa shape index (κ3) is 2.56. The highest BCUT2D eigenvalue weighted by Gasteiger charge is 2.19. The van der Waals surface area contributed by atoms with Gasteiger partial charge in [0.05, 0.1) is 6.20 Å². The zero-order valence-corrected chi connectivity index (χ0v) is 10.1. The molecule has 0 bridgehead atoms. The van der Waals surface area contributed by atoms with E-state index in [2.05, 4.69) is 34.7 Å². The van der Waals surface area contributed by atoms with Crippen molar-refractivity contribution in [2.24, 2.45) is 7.05 Å². The molecule has 1 aliphatic rings. The molecule has 1 aromatic heterocycles. The Hall–Kier alpha value is -1.61. The van der Waals surface area contributed by atoms with Gasteiger partial charge in [-0.1, -0.05) is 18.2 Å². The second-order valence-electron chi connectivity index (χ2n) is 4.76. The molecular weight excluding hydrogens is 210 g/mol. The summed E-state index contributed by atoms with van der Waals surface area (Å²) >= 11 is 0. The van der Waals surface area contributed by atoms with E-state index in [1.165, 1.54) is 29.5 Å². The highest BCUT2D eigenvalue weighted by molar-refractivity contribution is 5.62. The lowest BCUT2D eigenvalue weighted by atomic mass is 10.1. The maximum Gasteiger partial charge on any atom is 0.0568 e. The molecule has 1 aliphatic carbocycles. The number of aryl methyl sites for hydroxylation is 1. The van der Waals surface area contributed by atoms with E-state index in [1.807, 2.05) is 24.1 Å². The summed E-state index contributed by atoms with van der Waals surface area (Å²) in [5.41, 5.74) is 3.77. The Morgan fingerprint density at radius 3 is 2.94 bits per heavy atom. The summed E-state index contributed by atoms with van der Waals surface area (Å²) in [5, 5.41) is 7.74. The minimum Gasteiger partial charge on any atom is -0.310 e. The summed E-state index contributed by atoms with van der Waals surface area (Å²) in [7, 11) is 1.95. The quantitative estimate of drug-likeness (QED) is 0.869. The molecule has 17 heavy (non-hydrogen) atoms. The maximum atomic E-state index is 4.21. The van der Waals surface area contributed by atoms with E-state index in [0.717, 1.165) is 12.6 Å². The lowest BCUT2D eigenvalue weighted by Crippen LogP contribution is -2.15. The van der Waals surface area contributed by atoms with E-state index in [9.17, 15) is 0 Å². The van der Waals surface area contributed by atoms with Crippen LogP contribution in [0.15, 0.2) is 36.7 Å². The maximum absolute atomic E-state index is 4.21. The Labute approximate surface area is 101 Å². The first kappa shape index (κ1) is 10.5. The van der Waals surface area contributed by atoms with Crippen LogP contribution in [0.2, 0.25) is 0 Å². The van der Waals surface area contributed by atoms with Gasteiger partial charge >= 0.3 is 0 Å². The van der Waals surface area contributed by atoms with Crippen LogP contribution in [0, 0.1) is 0 Å². The van der Waals surface area contributed by atoms with Gasteiger partial charge in [0, 0.05) is 31.4 Å². The summed E-state index contributed by atoms with van der Waals surface area (Å²) in [6, 6.07) is 9.43. The van der Waals surface area contributed by atoms with Gasteiger partial charge in [-0.15, -0.1) is 0 Å². The minimum atomic E-state index is 0.761. The minimum absolute atomic E-state index is 0.761. The first-order chi connectivity index (χ1) is 8.31. The Bertz CT molecular complexity index is 512. The van der Waals surface area contributed by atoms with E-state index in [1.54, 1.807) is 0 Å². The zero-order chi connectivity index (χ0) is 11.7. The monoisotopic (exact) mass is 227 g/mol. The Morgan fingerprint density at radius 2 is 2.24 bits per heavy atom. The van der Waals surface area contributed by atoms with E-state index < -0.39 is 0 Å². The fraction of sp³-hybridized carbons (Fsp3) is 0.357. The SMILES string of the molecule is Cn1cc(-c2cccc(CNC3CC3)c2)cn1. The van der Waals surface area contributed by atoms with Gasteiger partial charge in [0.1, 0.15) is 0 Å². The highest BCUT2D eigenvalue weighted by atomic mass is 15.2. The molecule has 0 atom stereocenters. The largest absolute Gasteiger partial charge is 0.310 e. The fourth-order valence-electron chi connectivity index (χ4n) is 1.98. The van der Waals surface area contributed by atoms with E-state index in [4.69, 9.17) is 0 Å². The van der Waals surface area contributed by atoms with Gasteiger partial charge < -0.3 is 5.32 Å². The molecule has 3 nitrogen and oxygen atoms in total. The number of aromatic nitrogens is 2. The number of rotatable bonds is 4. The Balaban J connectivity index is 1.77. The molecule has 0 unspecified atom stereocenters. The summed E-state index contributed by atoms with van der Waals surface area (Å²) in [6.45, 7) is 0.971. The summed E-state index contributed by atoms with van der Waals surface area (Å²) in [6.07, 6.45) is 6.63. The van der Waals surface area contributed by atoms with E-state index in [0.29, 0.717) is 0 Å². The van der Waals surface area contributed by atoms with Crippen LogP contribution in [0.25, 0.3) is 11.1 Å². The van der Waals surface area contributed by atoms with Crippen molar-refractivity contribution in [2.75, 3.05) is 0 Å². The molecule has 0 radical (unpaired) electrons. The molecule has 1 heterocycles. The molecule has 3 rings (SSSR count). The zero-order valence-electron chi connectivity index (χ0n) is 10.1. The van der Waals surface area contributed by atoms with Crippen LogP contribution in [0.5, 0.6) is 0 Å². The van der Waals surface area contributed by atoms with Crippen LogP contribution < -0.4 is 5.32 Å². The third-order valence-electron chi connectivity index (χ3n) is 3.14. The molecule has 0 amide bonds. The number of hydrogen-bond donors (Lipinski definition) is 1. The van der Waals surface area contributed by atoms with Crippen LogP contribution in [-0.2, 0) is 13.6 Å². The molecule has 1 aromatic carbocycles. The van der Waals surface area contributed by atoms with E-state index in [-0.39, 0.29) is 0 Å². The highest BCUT2D eigenvalue weighted by Crippen LogP contribution is 2.22. The number of nitrogens with one attached hydrogen (secondary N) is 1. The van der Waals surface area contributed by atoms with Gasteiger partial charge in [-0.05, 0) is 30.0 Å². The van der Waals surface area contributed by atoms with Crippen LogP contribution in [0.4, 0.5) is 0 Å². The van der Waals surface area contributed by atoms with Gasteiger partial charge in [-0.25, -0.2) is 0 Å². The van der Waals surface area contributed by atoms with Gasteiger partial charge in [0.15, 0.2) is 0 Å². The average Bonchev–Trinajstić information content (AvgIpc) is 3.08. The first-order valence-corrected chi connectivity index (χ1v) is 6.12. The molecule has 88 valence electrons. The van der Waals surface area contributed by atoms with Gasteiger partial charge in [0.2, 0.25) is 0 Å². The standard InChI is InChI=1S/C14H17N3/c1-17-10-13(9-16-17)12-4-2-3-11(7-12)8-15-14-5-6-14/h2-4,7,9-10,14-15H,5-6,8H2,1H3. The molecule has 2 aromatic rings. The molecule has 0 spiro atoms. The Morgan fingerprint density at radius 1 is 1.35 bits per heavy atom. The van der Waals surface area contributed by atoms with Crippen LogP contribution in [-0.4, -0.2) is 15.8 Å². The van der Waals surface area contributed by atoms with Gasteiger partial charge in [-0.2, -0.15) is 5.10 Å². The predicted molar refractivity (Wildman–Crippen MR) is 68.5 cm³/mol. The normalized spacial score (nSPS) is 15.1. The number of benzene rings is 1. The molecule has 1 fully saturated rings. The smallest absolute Gasteiger partial charge is 0.0568 e. The molecule has 1 saturated carbocycles.